The van der Waals surface area contributed by atoms with Crippen LogP contribution >= 0.6 is 12.2 Å². The van der Waals surface area contributed by atoms with Gasteiger partial charge < -0.3 is 10.1 Å². The van der Waals surface area contributed by atoms with Crippen molar-refractivity contribution in [1.29, 1.82) is 0 Å². The molecule has 0 bridgehead atoms. The zero-order valence-corrected chi connectivity index (χ0v) is 15.4. The largest absolute Gasteiger partial charge is 0.449 e. The molecular formula is C19H22N4O2S. The van der Waals surface area contributed by atoms with Gasteiger partial charge in [-0.15, -0.1) is 0 Å². The smallest absolute Gasteiger partial charge is 0.411 e. The Balaban J connectivity index is 1.83. The number of para-hydroxylation sites is 1. The van der Waals surface area contributed by atoms with E-state index in [9.17, 15) is 4.79 Å². The van der Waals surface area contributed by atoms with E-state index in [4.69, 9.17) is 17.0 Å². The third-order valence-corrected chi connectivity index (χ3v) is 3.73. The lowest BCUT2D eigenvalue weighted by molar-refractivity contribution is 0.161. The Labute approximate surface area is 158 Å². The summed E-state index contributed by atoms with van der Waals surface area (Å²) >= 11 is 5.05. The van der Waals surface area contributed by atoms with Gasteiger partial charge in [0, 0.05) is 12.7 Å². The number of benzene rings is 2. The fourth-order valence-corrected chi connectivity index (χ4v) is 2.20. The summed E-state index contributed by atoms with van der Waals surface area (Å²) in [5.74, 6) is 0. The standard InChI is InChI=1S/C19H22N4O2S/c1-20-18(26)23-22-17(15-9-4-2-5-10-15)13-8-14-25-19(24)21-16-11-6-3-7-12-16/h2-7,9-12H,8,13-14H2,1H3,(H,21,24)(H2,20,23,26)/b22-17+. The highest BCUT2D eigenvalue weighted by Crippen LogP contribution is 2.08. The Bertz CT molecular complexity index is 736. The first-order valence-electron chi connectivity index (χ1n) is 8.27. The van der Waals surface area contributed by atoms with E-state index in [0.29, 0.717) is 30.2 Å². The second-order valence-electron chi connectivity index (χ2n) is 5.35. The molecule has 0 radical (unpaired) electrons. The molecule has 0 saturated heterocycles. The minimum absolute atomic E-state index is 0.293. The molecule has 0 aliphatic rings. The number of rotatable bonds is 7. The number of nitrogens with zero attached hydrogens (tertiary/aromatic N) is 1. The number of amides is 1. The van der Waals surface area contributed by atoms with Crippen LogP contribution in [-0.4, -0.2) is 30.6 Å². The van der Waals surface area contributed by atoms with Crippen molar-refractivity contribution in [2.75, 3.05) is 19.0 Å². The van der Waals surface area contributed by atoms with Crippen LogP contribution in [0.4, 0.5) is 10.5 Å². The van der Waals surface area contributed by atoms with Gasteiger partial charge in [-0.3, -0.25) is 10.7 Å². The number of ether oxygens (including phenoxy) is 1. The molecule has 0 unspecified atom stereocenters. The summed E-state index contributed by atoms with van der Waals surface area (Å²) in [5.41, 5.74) is 5.34. The van der Waals surface area contributed by atoms with Gasteiger partial charge in [0.05, 0.1) is 12.3 Å². The summed E-state index contributed by atoms with van der Waals surface area (Å²) in [6.07, 6.45) is 0.815. The molecule has 3 N–H and O–H groups in total. The van der Waals surface area contributed by atoms with Crippen LogP contribution < -0.4 is 16.1 Å². The van der Waals surface area contributed by atoms with Gasteiger partial charge in [-0.25, -0.2) is 4.79 Å². The monoisotopic (exact) mass is 370 g/mol. The SMILES string of the molecule is CNC(=S)N/N=C(\CCCOC(=O)Nc1ccccc1)c1ccccc1. The first kappa shape index (κ1) is 19.4. The fourth-order valence-electron chi connectivity index (χ4n) is 2.15. The van der Waals surface area contributed by atoms with Gasteiger partial charge in [-0.1, -0.05) is 48.5 Å². The number of carbonyl (C=O) groups excluding carboxylic acids is 1. The topological polar surface area (TPSA) is 74.8 Å². The quantitative estimate of drug-likeness (QED) is 0.301. The van der Waals surface area contributed by atoms with Crippen molar-refractivity contribution in [3.05, 3.63) is 66.2 Å². The molecule has 0 saturated carbocycles. The van der Waals surface area contributed by atoms with Crippen molar-refractivity contribution < 1.29 is 9.53 Å². The molecular weight excluding hydrogens is 348 g/mol. The predicted molar refractivity (Wildman–Crippen MR) is 108 cm³/mol. The minimum atomic E-state index is -0.469. The fraction of sp³-hybridized carbons (Fsp3) is 0.211. The van der Waals surface area contributed by atoms with Gasteiger partial charge in [-0.05, 0) is 42.8 Å². The highest BCUT2D eigenvalue weighted by atomic mass is 32.1. The van der Waals surface area contributed by atoms with Crippen LogP contribution in [-0.2, 0) is 4.74 Å². The first-order valence-corrected chi connectivity index (χ1v) is 8.68. The summed E-state index contributed by atoms with van der Waals surface area (Å²) in [5, 5.41) is 10.3. The van der Waals surface area contributed by atoms with Crippen LogP contribution in [0.25, 0.3) is 0 Å². The summed E-state index contributed by atoms with van der Waals surface area (Å²) in [4.78, 5) is 11.8. The van der Waals surface area contributed by atoms with Crippen molar-refractivity contribution in [3.8, 4) is 0 Å². The molecule has 0 aromatic heterocycles. The molecule has 0 heterocycles. The molecule has 26 heavy (non-hydrogen) atoms. The summed E-state index contributed by atoms with van der Waals surface area (Å²) in [6.45, 7) is 0.293. The number of thiocarbonyl (C=S) groups is 1. The molecule has 2 aromatic carbocycles. The summed E-state index contributed by atoms with van der Waals surface area (Å²) in [7, 11) is 1.73. The molecule has 0 fully saturated rings. The highest BCUT2D eigenvalue weighted by Gasteiger charge is 2.06. The van der Waals surface area contributed by atoms with E-state index in [-0.39, 0.29) is 0 Å². The van der Waals surface area contributed by atoms with Gasteiger partial charge in [-0.2, -0.15) is 5.10 Å². The van der Waals surface area contributed by atoms with Gasteiger partial charge in [0.1, 0.15) is 0 Å². The predicted octanol–water partition coefficient (Wildman–Crippen LogP) is 3.51. The van der Waals surface area contributed by atoms with Crippen molar-refractivity contribution >= 4 is 34.8 Å². The molecule has 2 aromatic rings. The summed E-state index contributed by atoms with van der Waals surface area (Å²) in [6, 6.07) is 19.0. The second kappa shape index (κ2) is 10.8. The van der Waals surface area contributed by atoms with Gasteiger partial charge in [0.25, 0.3) is 0 Å². The average molecular weight is 370 g/mol. The lowest BCUT2D eigenvalue weighted by Crippen LogP contribution is -2.29. The van der Waals surface area contributed by atoms with E-state index in [2.05, 4.69) is 21.2 Å². The van der Waals surface area contributed by atoms with E-state index in [0.717, 1.165) is 11.3 Å². The van der Waals surface area contributed by atoms with Crippen LogP contribution in [0.1, 0.15) is 18.4 Å². The van der Waals surface area contributed by atoms with Crippen LogP contribution in [0.5, 0.6) is 0 Å². The molecule has 2 rings (SSSR count). The van der Waals surface area contributed by atoms with Crippen molar-refractivity contribution in [2.45, 2.75) is 12.8 Å². The van der Waals surface area contributed by atoms with E-state index in [1.807, 2.05) is 48.5 Å². The molecule has 0 atom stereocenters. The average Bonchev–Trinajstić information content (AvgIpc) is 2.68. The van der Waals surface area contributed by atoms with Crippen LogP contribution in [0.2, 0.25) is 0 Å². The maximum atomic E-state index is 11.8. The normalized spacial score (nSPS) is 10.7. The van der Waals surface area contributed by atoms with E-state index < -0.39 is 6.09 Å². The maximum absolute atomic E-state index is 11.8. The lowest BCUT2D eigenvalue weighted by atomic mass is 10.1. The molecule has 0 aliphatic carbocycles. The van der Waals surface area contributed by atoms with Crippen molar-refractivity contribution in [3.63, 3.8) is 0 Å². The molecule has 6 nitrogen and oxygen atoms in total. The number of hydrogen-bond acceptors (Lipinski definition) is 4. The Kier molecular flexibility index (Phi) is 8.08. The molecule has 136 valence electrons. The van der Waals surface area contributed by atoms with Crippen molar-refractivity contribution in [1.82, 2.24) is 10.7 Å². The Morgan fingerprint density at radius 2 is 1.73 bits per heavy atom. The molecule has 7 heteroatoms. The van der Waals surface area contributed by atoms with Crippen LogP contribution in [0.3, 0.4) is 0 Å². The Morgan fingerprint density at radius 3 is 2.38 bits per heavy atom. The number of carbonyl (C=O) groups is 1. The highest BCUT2D eigenvalue weighted by molar-refractivity contribution is 7.80. The summed E-state index contributed by atoms with van der Waals surface area (Å²) < 4.78 is 5.22. The number of anilines is 1. The molecule has 0 spiro atoms. The third-order valence-electron chi connectivity index (χ3n) is 3.44. The van der Waals surface area contributed by atoms with Crippen LogP contribution in [0, 0.1) is 0 Å². The van der Waals surface area contributed by atoms with E-state index in [1.54, 1.807) is 19.2 Å². The number of hydrazone groups is 1. The van der Waals surface area contributed by atoms with Gasteiger partial charge >= 0.3 is 6.09 Å². The number of nitrogens with one attached hydrogen (secondary N) is 3. The molecule has 0 aliphatic heterocycles. The first-order chi connectivity index (χ1) is 12.7. The number of hydrogen-bond donors (Lipinski definition) is 3. The van der Waals surface area contributed by atoms with E-state index in [1.165, 1.54) is 0 Å². The molecule has 1 amide bonds. The lowest BCUT2D eigenvalue weighted by Gasteiger charge is -2.10. The third kappa shape index (κ3) is 6.90. The van der Waals surface area contributed by atoms with Crippen molar-refractivity contribution in [2.24, 2.45) is 5.10 Å². The minimum Gasteiger partial charge on any atom is -0.449 e. The zero-order valence-electron chi connectivity index (χ0n) is 14.6. The van der Waals surface area contributed by atoms with E-state index >= 15 is 0 Å². The Morgan fingerprint density at radius 1 is 1.08 bits per heavy atom. The maximum Gasteiger partial charge on any atom is 0.411 e. The van der Waals surface area contributed by atoms with Gasteiger partial charge in [0.2, 0.25) is 0 Å². The zero-order chi connectivity index (χ0) is 18.6. The Hall–Kier alpha value is -2.93. The van der Waals surface area contributed by atoms with Crippen LogP contribution in [0.15, 0.2) is 65.8 Å². The second-order valence-corrected chi connectivity index (χ2v) is 5.75. The van der Waals surface area contributed by atoms with Gasteiger partial charge in [0.15, 0.2) is 5.11 Å².